The number of carbonyl (C=O) groups excluding carboxylic acids is 2. The first-order chi connectivity index (χ1) is 11.1. The quantitative estimate of drug-likeness (QED) is 0.684. The zero-order valence-electron chi connectivity index (χ0n) is 11.8. The molecule has 8 heteroatoms. The summed E-state index contributed by atoms with van der Waals surface area (Å²) in [5, 5.41) is 4.51. The predicted molar refractivity (Wildman–Crippen MR) is 79.8 cm³/mol. The summed E-state index contributed by atoms with van der Waals surface area (Å²) in [6, 6.07) is 8.61. The maximum absolute atomic E-state index is 11.9. The van der Waals surface area contributed by atoms with Crippen molar-refractivity contribution in [2.45, 2.75) is 0 Å². The maximum Gasteiger partial charge on any atom is 0.291 e. The number of nitrogens with two attached hydrogens (primary N) is 1. The Morgan fingerprint density at radius 1 is 1.22 bits per heavy atom. The van der Waals surface area contributed by atoms with Crippen molar-refractivity contribution in [1.82, 2.24) is 15.4 Å². The molecule has 3 N–H and O–H groups in total. The molecule has 0 aliphatic heterocycles. The number of nitrogens with one attached hydrogen (secondary N) is 1. The lowest BCUT2D eigenvalue weighted by atomic mass is 10.2. The van der Waals surface area contributed by atoms with Crippen LogP contribution in [0.2, 0.25) is 0 Å². The second-order valence-electron chi connectivity index (χ2n) is 4.51. The van der Waals surface area contributed by atoms with E-state index in [9.17, 15) is 9.59 Å². The van der Waals surface area contributed by atoms with Crippen LogP contribution in [0.15, 0.2) is 58.4 Å². The van der Waals surface area contributed by atoms with Gasteiger partial charge in [0.05, 0.1) is 6.20 Å². The highest BCUT2D eigenvalue weighted by atomic mass is 16.3. The van der Waals surface area contributed by atoms with Crippen molar-refractivity contribution in [2.75, 3.05) is 0 Å². The summed E-state index contributed by atoms with van der Waals surface area (Å²) < 4.78 is 5.52. The number of hydrogen-bond acceptors (Lipinski definition) is 6. The van der Waals surface area contributed by atoms with Crippen LogP contribution in [0, 0.1) is 0 Å². The van der Waals surface area contributed by atoms with E-state index in [1.54, 1.807) is 30.3 Å². The van der Waals surface area contributed by atoms with Gasteiger partial charge in [0.1, 0.15) is 16.8 Å². The van der Waals surface area contributed by atoms with E-state index in [1.165, 1.54) is 18.6 Å². The first kappa shape index (κ1) is 14.4. The highest BCUT2D eigenvalue weighted by molar-refractivity contribution is 5.95. The third-order valence-corrected chi connectivity index (χ3v) is 2.98. The van der Waals surface area contributed by atoms with Crippen molar-refractivity contribution in [3.05, 3.63) is 65.7 Å². The molecule has 2 amide bonds. The molecule has 23 heavy (non-hydrogen) atoms. The fourth-order valence-electron chi connectivity index (χ4n) is 1.90. The average molecular weight is 309 g/mol. The third kappa shape index (κ3) is 3.05. The van der Waals surface area contributed by atoms with Crippen molar-refractivity contribution in [2.24, 2.45) is 10.8 Å². The molecular formula is C15H11N5O3. The van der Waals surface area contributed by atoms with Gasteiger partial charge in [0.2, 0.25) is 5.55 Å². The lowest BCUT2D eigenvalue weighted by molar-refractivity contribution is 0.0941. The number of hydrogen-bond donors (Lipinski definition) is 2. The summed E-state index contributed by atoms with van der Waals surface area (Å²) in [4.78, 5) is 31.1. The second kappa shape index (κ2) is 6.06. The topological polar surface area (TPSA) is 123 Å². The van der Waals surface area contributed by atoms with Gasteiger partial charge in [0.25, 0.3) is 11.8 Å². The summed E-state index contributed by atoms with van der Waals surface area (Å²) in [7, 11) is 0. The van der Waals surface area contributed by atoms with Crippen LogP contribution in [-0.2, 0) is 0 Å². The van der Waals surface area contributed by atoms with Gasteiger partial charge < -0.3 is 10.2 Å². The first-order valence-corrected chi connectivity index (χ1v) is 6.58. The lowest BCUT2D eigenvalue weighted by Crippen LogP contribution is -2.27. The molecule has 2 heterocycles. The van der Waals surface area contributed by atoms with Gasteiger partial charge in [-0.05, 0) is 12.1 Å². The molecule has 8 nitrogen and oxygen atoms in total. The molecule has 0 unspecified atom stereocenters. The molecule has 0 atom stereocenters. The summed E-state index contributed by atoms with van der Waals surface area (Å²) in [6.07, 6.45) is 4.11. The Balaban J connectivity index is 2.02. The Morgan fingerprint density at radius 3 is 2.78 bits per heavy atom. The zero-order chi connectivity index (χ0) is 16.2. The van der Waals surface area contributed by atoms with Crippen LogP contribution in [-0.4, -0.2) is 21.8 Å². The number of para-hydroxylation sites is 1. The highest BCUT2D eigenvalue weighted by Gasteiger charge is 2.10. The molecule has 0 aliphatic carbocycles. The van der Waals surface area contributed by atoms with Crippen molar-refractivity contribution in [1.29, 1.82) is 0 Å². The number of nitrogens with zero attached hydrogens (tertiary/aromatic N) is 3. The van der Waals surface area contributed by atoms with E-state index in [-0.39, 0.29) is 16.8 Å². The standard InChI is InChI=1S/C15H11N5O3/c16-13(21)10-7-9-3-1-2-4-12(9)23-15(10)20-19-14(22)11-8-17-5-6-18-11/h1-8H,(H2,16,21)(H,19,22). The van der Waals surface area contributed by atoms with Crippen LogP contribution in [0.25, 0.3) is 11.0 Å². The van der Waals surface area contributed by atoms with Crippen LogP contribution in [0.3, 0.4) is 0 Å². The van der Waals surface area contributed by atoms with Crippen molar-refractivity contribution < 1.29 is 14.0 Å². The Hall–Kier alpha value is -3.55. The normalized spacial score (nSPS) is 11.4. The van der Waals surface area contributed by atoms with E-state index in [1.807, 2.05) is 0 Å². The molecule has 0 fully saturated rings. The fourth-order valence-corrected chi connectivity index (χ4v) is 1.90. The van der Waals surface area contributed by atoms with Crippen LogP contribution in [0.4, 0.5) is 0 Å². The number of benzene rings is 1. The molecule has 1 aromatic carbocycles. The van der Waals surface area contributed by atoms with Crippen LogP contribution < -0.4 is 16.7 Å². The highest BCUT2D eigenvalue weighted by Crippen LogP contribution is 2.12. The van der Waals surface area contributed by atoms with E-state index in [0.717, 1.165) is 0 Å². The van der Waals surface area contributed by atoms with Gasteiger partial charge in [-0.3, -0.25) is 14.6 Å². The largest absolute Gasteiger partial charge is 0.436 e. The molecular weight excluding hydrogens is 298 g/mol. The van der Waals surface area contributed by atoms with Gasteiger partial charge >= 0.3 is 0 Å². The molecule has 2 aromatic heterocycles. The van der Waals surface area contributed by atoms with Crippen molar-refractivity contribution in [3.8, 4) is 0 Å². The van der Waals surface area contributed by atoms with E-state index in [0.29, 0.717) is 11.0 Å². The van der Waals surface area contributed by atoms with Gasteiger partial charge in [-0.1, -0.05) is 18.2 Å². The third-order valence-electron chi connectivity index (χ3n) is 2.98. The smallest absolute Gasteiger partial charge is 0.291 e. The van der Waals surface area contributed by atoms with Gasteiger partial charge in [0, 0.05) is 17.8 Å². The van der Waals surface area contributed by atoms with Gasteiger partial charge in [0.15, 0.2) is 0 Å². The maximum atomic E-state index is 11.9. The van der Waals surface area contributed by atoms with E-state index in [2.05, 4.69) is 20.5 Å². The molecule has 3 rings (SSSR count). The fraction of sp³-hybridized carbons (Fsp3) is 0. The van der Waals surface area contributed by atoms with Crippen LogP contribution in [0.1, 0.15) is 20.8 Å². The Kier molecular flexibility index (Phi) is 3.79. The Labute approximate surface area is 129 Å². The molecule has 114 valence electrons. The summed E-state index contributed by atoms with van der Waals surface area (Å²) in [5.41, 5.74) is 8.14. The number of amides is 2. The van der Waals surface area contributed by atoms with Gasteiger partial charge in [-0.2, -0.15) is 0 Å². The molecule has 0 bridgehead atoms. The van der Waals surface area contributed by atoms with Gasteiger partial charge in [-0.15, -0.1) is 5.10 Å². The SMILES string of the molecule is NC(=O)c1cc2ccccc2oc1=NNC(=O)c1cnccn1. The molecule has 0 saturated heterocycles. The minimum absolute atomic E-state index is 0.0585. The molecule has 0 saturated carbocycles. The number of carbonyl (C=O) groups is 2. The summed E-state index contributed by atoms with van der Waals surface area (Å²) >= 11 is 0. The Bertz CT molecular complexity index is 950. The minimum Gasteiger partial charge on any atom is -0.436 e. The van der Waals surface area contributed by atoms with E-state index >= 15 is 0 Å². The first-order valence-electron chi connectivity index (χ1n) is 6.58. The average Bonchev–Trinajstić information content (AvgIpc) is 2.59. The van der Waals surface area contributed by atoms with Crippen molar-refractivity contribution in [3.63, 3.8) is 0 Å². The van der Waals surface area contributed by atoms with Gasteiger partial charge in [-0.25, -0.2) is 10.4 Å². The zero-order valence-corrected chi connectivity index (χ0v) is 11.8. The van der Waals surface area contributed by atoms with Crippen LogP contribution in [0.5, 0.6) is 0 Å². The number of fused-ring (bicyclic) bond motifs is 1. The molecule has 3 aromatic rings. The summed E-state index contributed by atoms with van der Waals surface area (Å²) in [5.74, 6) is -1.30. The van der Waals surface area contributed by atoms with Crippen LogP contribution >= 0.6 is 0 Å². The van der Waals surface area contributed by atoms with E-state index < -0.39 is 11.8 Å². The monoisotopic (exact) mass is 309 g/mol. The Morgan fingerprint density at radius 2 is 2.04 bits per heavy atom. The molecule has 0 radical (unpaired) electrons. The molecule has 0 aliphatic rings. The molecule has 0 spiro atoms. The lowest BCUT2D eigenvalue weighted by Gasteiger charge is -2.02. The predicted octanol–water partition coefficient (Wildman–Crippen LogP) is 0.567. The minimum atomic E-state index is -0.716. The summed E-state index contributed by atoms with van der Waals surface area (Å²) in [6.45, 7) is 0. The van der Waals surface area contributed by atoms with Crippen molar-refractivity contribution >= 4 is 22.8 Å². The number of aromatic nitrogens is 2. The number of rotatable bonds is 3. The van der Waals surface area contributed by atoms with E-state index in [4.69, 9.17) is 10.2 Å². The number of primary amides is 1. The second-order valence-corrected chi connectivity index (χ2v) is 4.51.